The maximum atomic E-state index is 13.3. The van der Waals surface area contributed by atoms with Gasteiger partial charge in [0, 0.05) is 12.5 Å². The van der Waals surface area contributed by atoms with Crippen molar-refractivity contribution in [3.05, 3.63) is 70.3 Å². The lowest BCUT2D eigenvalue weighted by Gasteiger charge is -2.24. The van der Waals surface area contributed by atoms with Crippen LogP contribution in [0.25, 0.3) is 0 Å². The van der Waals surface area contributed by atoms with E-state index < -0.39 is 17.2 Å². The van der Waals surface area contributed by atoms with E-state index >= 15 is 0 Å². The zero-order valence-corrected chi connectivity index (χ0v) is 12.0. The van der Waals surface area contributed by atoms with E-state index in [1.807, 2.05) is 6.07 Å². The topological polar surface area (TPSA) is 20.2 Å². The van der Waals surface area contributed by atoms with Gasteiger partial charge < -0.3 is 5.11 Å². The minimum Gasteiger partial charge on any atom is -0.385 e. The fraction of sp³-hybridized carbons (Fsp3) is 0.333. The fourth-order valence-electron chi connectivity index (χ4n) is 3.10. The molecule has 0 saturated heterocycles. The molecule has 0 spiro atoms. The van der Waals surface area contributed by atoms with E-state index in [0.29, 0.717) is 6.42 Å². The van der Waals surface area contributed by atoms with Crippen molar-refractivity contribution in [2.45, 2.75) is 38.2 Å². The quantitative estimate of drug-likeness (QED) is 0.908. The summed E-state index contributed by atoms with van der Waals surface area (Å²) in [5.41, 5.74) is 2.66. The molecule has 2 aromatic rings. The van der Waals surface area contributed by atoms with E-state index in [0.717, 1.165) is 24.5 Å². The third kappa shape index (κ3) is 2.98. The predicted octanol–water partition coefficient (Wildman–Crippen LogP) is 3.90. The summed E-state index contributed by atoms with van der Waals surface area (Å²) in [6.45, 7) is 1.59. The number of aliphatic hydroxyl groups is 1. The molecule has 0 fully saturated rings. The molecule has 0 amide bonds. The summed E-state index contributed by atoms with van der Waals surface area (Å²) >= 11 is 0. The Morgan fingerprint density at radius 3 is 2.38 bits per heavy atom. The molecule has 0 heterocycles. The van der Waals surface area contributed by atoms with Crippen LogP contribution in [0.15, 0.2) is 36.4 Å². The average Bonchev–Trinajstić information content (AvgIpc) is 2.84. The Bertz CT molecular complexity index is 657. The molecule has 0 aromatic heterocycles. The van der Waals surface area contributed by atoms with Crippen molar-refractivity contribution in [3.8, 4) is 0 Å². The second-order valence-corrected chi connectivity index (χ2v) is 6.07. The second kappa shape index (κ2) is 5.23. The van der Waals surface area contributed by atoms with Crippen molar-refractivity contribution in [1.82, 2.24) is 0 Å². The molecule has 2 aromatic carbocycles. The standard InChI is InChI=1S/C18H18F2O/c1-18(21,15-8-16(19)10-17(20)9-15)11-12-5-6-13-3-2-4-14(13)7-12/h5-10,21H,2-4,11H2,1H3. The maximum absolute atomic E-state index is 13.3. The molecule has 3 heteroatoms. The number of rotatable bonds is 3. The molecule has 0 saturated carbocycles. The van der Waals surface area contributed by atoms with E-state index in [2.05, 4.69) is 12.1 Å². The van der Waals surface area contributed by atoms with Crippen LogP contribution < -0.4 is 0 Å². The minimum absolute atomic E-state index is 0.264. The van der Waals surface area contributed by atoms with Gasteiger partial charge in [-0.1, -0.05) is 18.2 Å². The van der Waals surface area contributed by atoms with E-state index in [1.165, 1.54) is 29.7 Å². The van der Waals surface area contributed by atoms with Gasteiger partial charge >= 0.3 is 0 Å². The zero-order chi connectivity index (χ0) is 15.0. The van der Waals surface area contributed by atoms with Crippen LogP contribution >= 0.6 is 0 Å². The van der Waals surface area contributed by atoms with Crippen molar-refractivity contribution < 1.29 is 13.9 Å². The zero-order valence-electron chi connectivity index (χ0n) is 12.0. The van der Waals surface area contributed by atoms with Gasteiger partial charge in [0.25, 0.3) is 0 Å². The summed E-state index contributed by atoms with van der Waals surface area (Å²) in [4.78, 5) is 0. The van der Waals surface area contributed by atoms with Crippen LogP contribution in [0.3, 0.4) is 0 Å². The largest absolute Gasteiger partial charge is 0.385 e. The maximum Gasteiger partial charge on any atom is 0.126 e. The molecule has 1 aliphatic rings. The molecule has 1 nitrogen and oxygen atoms in total. The summed E-state index contributed by atoms with van der Waals surface area (Å²) in [7, 11) is 0. The van der Waals surface area contributed by atoms with Gasteiger partial charge in [-0.3, -0.25) is 0 Å². The van der Waals surface area contributed by atoms with E-state index in [4.69, 9.17) is 0 Å². The van der Waals surface area contributed by atoms with Gasteiger partial charge in [0.05, 0.1) is 5.60 Å². The molecule has 1 unspecified atom stereocenters. The lowest BCUT2D eigenvalue weighted by molar-refractivity contribution is 0.0569. The average molecular weight is 288 g/mol. The highest BCUT2D eigenvalue weighted by Gasteiger charge is 2.25. The SMILES string of the molecule is CC(O)(Cc1ccc2c(c1)CCC2)c1cc(F)cc(F)c1. The lowest BCUT2D eigenvalue weighted by atomic mass is 9.88. The Morgan fingerprint density at radius 1 is 1.00 bits per heavy atom. The highest BCUT2D eigenvalue weighted by atomic mass is 19.1. The minimum atomic E-state index is -1.30. The third-order valence-corrected chi connectivity index (χ3v) is 4.20. The molecule has 110 valence electrons. The van der Waals surface area contributed by atoms with Crippen molar-refractivity contribution >= 4 is 0 Å². The third-order valence-electron chi connectivity index (χ3n) is 4.20. The van der Waals surface area contributed by atoms with Crippen LogP contribution in [0.4, 0.5) is 8.78 Å². The summed E-state index contributed by atoms with van der Waals surface area (Å²) < 4.78 is 26.7. The first-order valence-corrected chi connectivity index (χ1v) is 7.24. The molecule has 1 aliphatic carbocycles. The van der Waals surface area contributed by atoms with E-state index in [9.17, 15) is 13.9 Å². The van der Waals surface area contributed by atoms with Crippen molar-refractivity contribution in [1.29, 1.82) is 0 Å². The van der Waals surface area contributed by atoms with Crippen molar-refractivity contribution in [2.75, 3.05) is 0 Å². The summed E-state index contributed by atoms with van der Waals surface area (Å²) in [6, 6.07) is 9.39. The van der Waals surface area contributed by atoms with Gasteiger partial charge in [0.15, 0.2) is 0 Å². The Morgan fingerprint density at radius 2 is 1.67 bits per heavy atom. The summed E-state index contributed by atoms with van der Waals surface area (Å²) in [5, 5.41) is 10.6. The van der Waals surface area contributed by atoms with Crippen LogP contribution in [0.1, 0.15) is 35.6 Å². The normalized spacial score (nSPS) is 16.6. The molecule has 1 N–H and O–H groups in total. The molecule has 1 atom stereocenters. The predicted molar refractivity (Wildman–Crippen MR) is 78.1 cm³/mol. The summed E-state index contributed by atoms with van der Waals surface area (Å²) in [5.74, 6) is -1.33. The summed E-state index contributed by atoms with van der Waals surface area (Å²) in [6.07, 6.45) is 3.69. The molecular formula is C18H18F2O. The highest BCUT2D eigenvalue weighted by molar-refractivity contribution is 5.37. The van der Waals surface area contributed by atoms with Gasteiger partial charge in [-0.05, 0) is 60.6 Å². The first-order chi connectivity index (χ1) is 9.94. The Kier molecular flexibility index (Phi) is 3.54. The highest BCUT2D eigenvalue weighted by Crippen LogP contribution is 2.29. The van der Waals surface area contributed by atoms with Gasteiger partial charge in [0.1, 0.15) is 11.6 Å². The van der Waals surface area contributed by atoms with Gasteiger partial charge in [-0.15, -0.1) is 0 Å². The van der Waals surface area contributed by atoms with Crippen LogP contribution in [-0.2, 0) is 24.9 Å². The van der Waals surface area contributed by atoms with E-state index in [1.54, 1.807) is 6.92 Å². The van der Waals surface area contributed by atoms with Gasteiger partial charge in [0.2, 0.25) is 0 Å². The van der Waals surface area contributed by atoms with Crippen molar-refractivity contribution in [3.63, 3.8) is 0 Å². The number of halogens is 2. The number of aryl methyl sites for hydroxylation is 2. The molecule has 0 radical (unpaired) electrons. The first-order valence-electron chi connectivity index (χ1n) is 7.24. The molecular weight excluding hydrogens is 270 g/mol. The Balaban J connectivity index is 1.88. The molecule has 0 bridgehead atoms. The van der Waals surface area contributed by atoms with E-state index in [-0.39, 0.29) is 5.56 Å². The lowest BCUT2D eigenvalue weighted by Crippen LogP contribution is -2.24. The monoisotopic (exact) mass is 288 g/mol. The number of fused-ring (bicyclic) bond motifs is 1. The van der Waals surface area contributed by atoms with Crippen LogP contribution in [0, 0.1) is 11.6 Å². The molecule has 21 heavy (non-hydrogen) atoms. The van der Waals surface area contributed by atoms with Crippen LogP contribution in [0.2, 0.25) is 0 Å². The number of benzene rings is 2. The van der Waals surface area contributed by atoms with Gasteiger partial charge in [-0.25, -0.2) is 8.78 Å². The Hall–Kier alpha value is -1.74. The number of hydrogen-bond donors (Lipinski definition) is 1. The fourth-order valence-corrected chi connectivity index (χ4v) is 3.10. The van der Waals surface area contributed by atoms with Crippen LogP contribution in [-0.4, -0.2) is 5.11 Å². The second-order valence-electron chi connectivity index (χ2n) is 6.07. The smallest absolute Gasteiger partial charge is 0.126 e. The van der Waals surface area contributed by atoms with Crippen molar-refractivity contribution in [2.24, 2.45) is 0 Å². The molecule has 3 rings (SSSR count). The molecule has 0 aliphatic heterocycles. The Labute approximate surface area is 123 Å². The van der Waals surface area contributed by atoms with Crippen LogP contribution in [0.5, 0.6) is 0 Å². The first kappa shape index (κ1) is 14.2. The van der Waals surface area contributed by atoms with Gasteiger partial charge in [-0.2, -0.15) is 0 Å². The number of hydrogen-bond acceptors (Lipinski definition) is 1.